The first-order chi connectivity index (χ1) is 12.4. The average molecular weight is 388 g/mol. The van der Waals surface area contributed by atoms with Crippen LogP contribution in [0.15, 0.2) is 23.0 Å². The Hall–Kier alpha value is -1.85. The lowest BCUT2D eigenvalue weighted by atomic mass is 9.89. The topological polar surface area (TPSA) is 57.8 Å². The number of hydrogen-bond acceptors (Lipinski definition) is 4. The number of nitrogens with one attached hydrogen (secondary N) is 2. The Bertz CT molecular complexity index is 1040. The molecule has 26 heavy (non-hydrogen) atoms. The van der Waals surface area contributed by atoms with Gasteiger partial charge in [-0.2, -0.15) is 0 Å². The second-order valence-electron chi connectivity index (χ2n) is 7.31. The molecule has 0 saturated carbocycles. The van der Waals surface area contributed by atoms with Crippen molar-refractivity contribution in [1.82, 2.24) is 9.97 Å². The van der Waals surface area contributed by atoms with Gasteiger partial charge in [-0.05, 0) is 62.3 Å². The van der Waals surface area contributed by atoms with E-state index in [0.29, 0.717) is 11.7 Å². The summed E-state index contributed by atoms with van der Waals surface area (Å²) in [7, 11) is 0. The van der Waals surface area contributed by atoms with Crippen LogP contribution in [-0.2, 0) is 12.8 Å². The Morgan fingerprint density at radius 1 is 1.42 bits per heavy atom. The lowest BCUT2D eigenvalue weighted by Gasteiger charge is -2.17. The van der Waals surface area contributed by atoms with Crippen LogP contribution in [0.3, 0.4) is 0 Å². The maximum Gasteiger partial charge on any atom is 0.259 e. The minimum absolute atomic E-state index is 0.0207. The highest BCUT2D eigenvalue weighted by atomic mass is 35.5. The van der Waals surface area contributed by atoms with Crippen LogP contribution >= 0.6 is 22.9 Å². The number of fused-ring (bicyclic) bond motifs is 3. The van der Waals surface area contributed by atoms with E-state index >= 15 is 0 Å². The Morgan fingerprint density at radius 3 is 3.00 bits per heavy atom. The molecule has 2 aromatic heterocycles. The Kier molecular flexibility index (Phi) is 4.53. The summed E-state index contributed by atoms with van der Waals surface area (Å²) in [6.07, 6.45) is 3.18. The standard InChI is InChI=1S/C20H22ClN3OS/c1-10-4-7-14-16(8-10)26-20-17(14)19(25)23-18(24-20)12(3)22-13-6-5-11(2)15(21)9-13/h5-6,9-10,12,22H,4,7-8H2,1-3H3,(H,23,24,25)/t10-,12+/m1/s1. The van der Waals surface area contributed by atoms with Crippen molar-refractivity contribution in [3.63, 3.8) is 0 Å². The lowest BCUT2D eigenvalue weighted by molar-refractivity contribution is 0.509. The molecule has 0 fully saturated rings. The number of benzene rings is 1. The third-order valence-corrected chi connectivity index (χ3v) is 6.70. The number of thiophene rings is 1. The number of nitrogens with zero attached hydrogens (tertiary/aromatic N) is 1. The second kappa shape index (κ2) is 6.71. The number of hydrogen-bond donors (Lipinski definition) is 2. The summed E-state index contributed by atoms with van der Waals surface area (Å²) in [5, 5.41) is 4.89. The predicted molar refractivity (Wildman–Crippen MR) is 110 cm³/mol. The molecule has 1 aliphatic rings. The largest absolute Gasteiger partial charge is 0.375 e. The molecule has 0 unspecified atom stereocenters. The van der Waals surface area contributed by atoms with Gasteiger partial charge in [0.25, 0.3) is 5.56 Å². The normalized spacial score (nSPS) is 17.9. The summed E-state index contributed by atoms with van der Waals surface area (Å²) in [6.45, 7) is 6.24. The number of aromatic nitrogens is 2. The molecule has 0 amide bonds. The van der Waals surface area contributed by atoms with Gasteiger partial charge in [-0.1, -0.05) is 24.6 Å². The second-order valence-corrected chi connectivity index (χ2v) is 8.80. The first-order valence-corrected chi connectivity index (χ1v) is 10.2. The van der Waals surface area contributed by atoms with Crippen LogP contribution in [0.2, 0.25) is 5.02 Å². The van der Waals surface area contributed by atoms with Gasteiger partial charge < -0.3 is 10.3 Å². The van der Waals surface area contributed by atoms with Crippen molar-refractivity contribution >= 4 is 38.8 Å². The molecule has 2 heterocycles. The van der Waals surface area contributed by atoms with Crippen molar-refractivity contribution in [2.45, 2.75) is 46.1 Å². The minimum Gasteiger partial charge on any atom is -0.375 e. The molecule has 1 aliphatic carbocycles. The van der Waals surface area contributed by atoms with Crippen LogP contribution in [0.5, 0.6) is 0 Å². The van der Waals surface area contributed by atoms with Crippen molar-refractivity contribution in [2.24, 2.45) is 5.92 Å². The minimum atomic E-state index is -0.121. The molecule has 6 heteroatoms. The van der Waals surface area contributed by atoms with E-state index in [-0.39, 0.29) is 11.6 Å². The highest BCUT2D eigenvalue weighted by molar-refractivity contribution is 7.18. The highest BCUT2D eigenvalue weighted by Crippen LogP contribution is 2.36. The van der Waals surface area contributed by atoms with Crippen LogP contribution in [0.25, 0.3) is 10.2 Å². The van der Waals surface area contributed by atoms with Crippen LogP contribution < -0.4 is 10.9 Å². The van der Waals surface area contributed by atoms with Crippen molar-refractivity contribution in [2.75, 3.05) is 5.32 Å². The van der Waals surface area contributed by atoms with Gasteiger partial charge in [-0.25, -0.2) is 4.98 Å². The lowest BCUT2D eigenvalue weighted by Crippen LogP contribution is -2.18. The number of H-pyrrole nitrogens is 1. The predicted octanol–water partition coefficient (Wildman–Crippen LogP) is 5.24. The van der Waals surface area contributed by atoms with E-state index in [1.54, 1.807) is 11.3 Å². The number of aryl methyl sites for hydroxylation is 2. The van der Waals surface area contributed by atoms with E-state index in [9.17, 15) is 4.79 Å². The maximum absolute atomic E-state index is 12.7. The fourth-order valence-corrected chi connectivity index (χ4v) is 5.14. The summed E-state index contributed by atoms with van der Waals surface area (Å²) in [6, 6.07) is 5.74. The third kappa shape index (κ3) is 3.14. The average Bonchev–Trinajstić information content (AvgIpc) is 2.95. The number of rotatable bonds is 3. The molecule has 1 aromatic carbocycles. The van der Waals surface area contributed by atoms with E-state index in [1.165, 1.54) is 10.4 Å². The summed E-state index contributed by atoms with van der Waals surface area (Å²) >= 11 is 7.88. The Morgan fingerprint density at radius 2 is 2.23 bits per heavy atom. The van der Waals surface area contributed by atoms with Crippen molar-refractivity contribution in [3.8, 4) is 0 Å². The zero-order chi connectivity index (χ0) is 18.4. The molecule has 3 aromatic rings. The number of anilines is 1. The van der Waals surface area contributed by atoms with Crippen molar-refractivity contribution in [1.29, 1.82) is 0 Å². The summed E-state index contributed by atoms with van der Waals surface area (Å²) < 4.78 is 0. The molecule has 0 aliphatic heterocycles. The third-order valence-electron chi connectivity index (χ3n) is 5.15. The van der Waals surface area contributed by atoms with Gasteiger partial charge in [0.1, 0.15) is 10.7 Å². The number of halogens is 1. The molecule has 0 bridgehead atoms. The molecule has 0 radical (unpaired) electrons. The first-order valence-electron chi connectivity index (χ1n) is 8.99. The molecule has 0 spiro atoms. The molecule has 2 atom stereocenters. The van der Waals surface area contributed by atoms with Gasteiger partial charge in [-0.3, -0.25) is 4.79 Å². The van der Waals surface area contributed by atoms with Crippen molar-refractivity contribution < 1.29 is 0 Å². The summed E-state index contributed by atoms with van der Waals surface area (Å²) in [4.78, 5) is 22.7. The van der Waals surface area contributed by atoms with Gasteiger partial charge in [0.15, 0.2) is 0 Å². The fraction of sp³-hybridized carbons (Fsp3) is 0.400. The first kappa shape index (κ1) is 17.6. The van der Waals surface area contributed by atoms with Crippen molar-refractivity contribution in [3.05, 3.63) is 55.4 Å². The molecular formula is C20H22ClN3OS. The van der Waals surface area contributed by atoms with E-state index in [0.717, 1.165) is 45.8 Å². The number of aromatic amines is 1. The van der Waals surface area contributed by atoms with Crippen LogP contribution in [-0.4, -0.2) is 9.97 Å². The Labute approximate surface area is 161 Å². The highest BCUT2D eigenvalue weighted by Gasteiger charge is 2.23. The SMILES string of the molecule is Cc1ccc(N[C@@H](C)c2nc3sc4c(c3c(=O)[nH]2)CC[C@@H](C)C4)cc1Cl. The molecule has 0 saturated heterocycles. The van der Waals surface area contributed by atoms with E-state index in [4.69, 9.17) is 16.6 Å². The molecular weight excluding hydrogens is 366 g/mol. The van der Waals surface area contributed by atoms with Crippen LogP contribution in [0.1, 0.15) is 48.1 Å². The molecule has 4 rings (SSSR count). The van der Waals surface area contributed by atoms with Gasteiger partial charge in [0.2, 0.25) is 0 Å². The van der Waals surface area contributed by atoms with E-state index in [2.05, 4.69) is 17.2 Å². The molecule has 4 nitrogen and oxygen atoms in total. The monoisotopic (exact) mass is 387 g/mol. The smallest absolute Gasteiger partial charge is 0.259 e. The van der Waals surface area contributed by atoms with Gasteiger partial charge >= 0.3 is 0 Å². The van der Waals surface area contributed by atoms with E-state index in [1.807, 2.05) is 32.0 Å². The maximum atomic E-state index is 12.7. The molecule has 2 N–H and O–H groups in total. The quantitative estimate of drug-likeness (QED) is 0.645. The van der Waals surface area contributed by atoms with Gasteiger partial charge in [-0.15, -0.1) is 11.3 Å². The zero-order valence-corrected chi connectivity index (χ0v) is 16.7. The zero-order valence-electron chi connectivity index (χ0n) is 15.1. The fourth-order valence-electron chi connectivity index (χ4n) is 3.57. The van der Waals surface area contributed by atoms with E-state index < -0.39 is 0 Å². The Balaban J connectivity index is 1.68. The van der Waals surface area contributed by atoms with Gasteiger partial charge in [0, 0.05) is 15.6 Å². The van der Waals surface area contributed by atoms with Gasteiger partial charge in [0.05, 0.1) is 11.4 Å². The summed E-state index contributed by atoms with van der Waals surface area (Å²) in [5.41, 5.74) is 3.15. The molecule has 136 valence electrons. The van der Waals surface area contributed by atoms with Crippen LogP contribution in [0, 0.1) is 12.8 Å². The summed E-state index contributed by atoms with van der Waals surface area (Å²) in [5.74, 6) is 1.34. The van der Waals surface area contributed by atoms with Crippen LogP contribution in [0.4, 0.5) is 5.69 Å².